The number of primary amides is 1. The third-order valence-electron chi connectivity index (χ3n) is 4.56. The molecule has 0 radical (unpaired) electrons. The molecule has 0 aliphatic rings. The monoisotopic (exact) mass is 464 g/mol. The lowest BCUT2D eigenvalue weighted by molar-refractivity contribution is 0.0640. The molecule has 0 spiro atoms. The van der Waals surface area contributed by atoms with Gasteiger partial charge in [0.25, 0.3) is 0 Å². The number of carbonyl (C=O) groups is 2. The van der Waals surface area contributed by atoms with E-state index in [0.717, 1.165) is 10.6 Å². The van der Waals surface area contributed by atoms with Crippen LogP contribution in [0.2, 0.25) is 0 Å². The zero-order valence-corrected chi connectivity index (χ0v) is 18.5. The first-order valence-corrected chi connectivity index (χ1v) is 11.2. The van der Waals surface area contributed by atoms with Gasteiger partial charge in [-0.25, -0.2) is 22.4 Å². The molecule has 2 aromatic carbocycles. The molecule has 0 saturated carbocycles. The molecular formula is C21H21FN2O7S. The lowest BCUT2D eigenvalue weighted by atomic mass is 10.0. The van der Waals surface area contributed by atoms with Gasteiger partial charge >= 0.3 is 12.1 Å². The number of halogens is 1. The number of methoxy groups -OCH3 is 1. The largest absolute Gasteiger partial charge is 0.495 e. The van der Waals surface area contributed by atoms with Crippen LogP contribution in [0.25, 0.3) is 22.3 Å². The summed E-state index contributed by atoms with van der Waals surface area (Å²) in [7, 11) is -2.35. The van der Waals surface area contributed by atoms with Gasteiger partial charge in [0, 0.05) is 23.1 Å². The summed E-state index contributed by atoms with van der Waals surface area (Å²) >= 11 is 0. The number of nitrogens with zero attached hydrogens (tertiary/aromatic N) is 1. The smallest absolute Gasteiger partial charge is 0.412 e. The van der Waals surface area contributed by atoms with E-state index in [1.807, 2.05) is 0 Å². The summed E-state index contributed by atoms with van der Waals surface area (Å²) in [6.45, 7) is 3.37. The van der Waals surface area contributed by atoms with E-state index in [4.69, 9.17) is 14.9 Å². The molecule has 9 nitrogen and oxygen atoms in total. The number of ether oxygens (including phenoxy) is 2. The summed E-state index contributed by atoms with van der Waals surface area (Å²) in [6, 6.07) is 7.45. The molecule has 0 fully saturated rings. The molecule has 0 aliphatic carbocycles. The highest BCUT2D eigenvalue weighted by atomic mass is 32.2. The predicted octanol–water partition coefficient (Wildman–Crippen LogP) is 3.66. The fourth-order valence-electron chi connectivity index (χ4n) is 3.44. The van der Waals surface area contributed by atoms with Gasteiger partial charge in [-0.1, -0.05) is 0 Å². The fraction of sp³-hybridized carbons (Fsp3) is 0.238. The number of esters is 1. The lowest BCUT2D eigenvalue weighted by Crippen LogP contribution is -2.36. The quantitative estimate of drug-likeness (QED) is 0.435. The molecule has 3 aromatic rings. The van der Waals surface area contributed by atoms with Gasteiger partial charge in [-0.15, -0.1) is 0 Å². The number of nitrogens with two attached hydrogens (primary N) is 1. The van der Waals surface area contributed by atoms with Gasteiger partial charge in [-0.3, -0.25) is 4.31 Å². The Kier molecular flexibility index (Phi) is 6.13. The van der Waals surface area contributed by atoms with Crippen LogP contribution in [0.3, 0.4) is 0 Å². The van der Waals surface area contributed by atoms with E-state index in [9.17, 15) is 22.4 Å². The number of hydrogen-bond donors (Lipinski definition) is 1. The van der Waals surface area contributed by atoms with E-state index in [2.05, 4.69) is 4.74 Å². The van der Waals surface area contributed by atoms with Crippen molar-refractivity contribution in [2.45, 2.75) is 19.9 Å². The van der Waals surface area contributed by atoms with E-state index in [1.165, 1.54) is 43.5 Å². The number of rotatable bonds is 6. The van der Waals surface area contributed by atoms with Gasteiger partial charge in [-0.05, 0) is 44.2 Å². The molecule has 1 aromatic heterocycles. The molecule has 0 aliphatic heterocycles. The van der Waals surface area contributed by atoms with E-state index < -0.39 is 33.9 Å². The van der Waals surface area contributed by atoms with Crippen LogP contribution < -0.4 is 14.8 Å². The Morgan fingerprint density at radius 1 is 1.16 bits per heavy atom. The van der Waals surface area contributed by atoms with Crippen molar-refractivity contribution in [1.82, 2.24) is 0 Å². The van der Waals surface area contributed by atoms with Crippen molar-refractivity contribution in [2.24, 2.45) is 5.73 Å². The zero-order chi connectivity index (χ0) is 23.8. The average molecular weight is 464 g/mol. The van der Waals surface area contributed by atoms with Crippen molar-refractivity contribution in [3.8, 4) is 17.1 Å². The van der Waals surface area contributed by atoms with Crippen LogP contribution in [0.1, 0.15) is 24.2 Å². The maximum atomic E-state index is 13.4. The number of carbonyl (C=O) groups excluding carboxylic acids is 2. The molecule has 0 bridgehead atoms. The third kappa shape index (κ3) is 4.37. The number of sulfonamides is 1. The minimum absolute atomic E-state index is 0.0131. The topological polar surface area (TPSA) is 129 Å². The second-order valence-electron chi connectivity index (χ2n) is 7.19. The van der Waals surface area contributed by atoms with E-state index in [0.29, 0.717) is 5.56 Å². The first kappa shape index (κ1) is 23.1. The second kappa shape index (κ2) is 8.50. The Bertz CT molecular complexity index is 1300. The fourth-order valence-corrected chi connectivity index (χ4v) is 4.70. The Morgan fingerprint density at radius 2 is 1.78 bits per heavy atom. The zero-order valence-electron chi connectivity index (χ0n) is 17.7. The van der Waals surface area contributed by atoms with Crippen molar-refractivity contribution in [2.75, 3.05) is 17.7 Å². The van der Waals surface area contributed by atoms with Gasteiger partial charge in [0.15, 0.2) is 0 Å². The van der Waals surface area contributed by atoms with Crippen LogP contribution in [0, 0.1) is 5.82 Å². The molecular weight excluding hydrogens is 443 g/mol. The molecule has 0 unspecified atom stereocenters. The van der Waals surface area contributed by atoms with Crippen LogP contribution in [0.4, 0.5) is 14.9 Å². The Balaban J connectivity index is 2.36. The lowest BCUT2D eigenvalue weighted by Gasteiger charge is -2.27. The summed E-state index contributed by atoms with van der Waals surface area (Å²) in [5, 5.41) is 0.188. The Morgan fingerprint density at radius 3 is 2.28 bits per heavy atom. The summed E-state index contributed by atoms with van der Waals surface area (Å²) in [5.74, 6) is -1.47. The molecule has 1 amide bonds. The minimum atomic E-state index is -3.69. The maximum Gasteiger partial charge on any atom is 0.412 e. The Hall–Kier alpha value is -3.60. The number of amides is 1. The first-order chi connectivity index (χ1) is 14.9. The number of benzene rings is 2. The molecule has 32 heavy (non-hydrogen) atoms. The average Bonchev–Trinajstić information content (AvgIpc) is 3.04. The van der Waals surface area contributed by atoms with Crippen LogP contribution >= 0.6 is 0 Å². The molecule has 3 rings (SSSR count). The van der Waals surface area contributed by atoms with Gasteiger partial charge in [0.2, 0.25) is 10.0 Å². The molecule has 1 heterocycles. The van der Waals surface area contributed by atoms with Crippen LogP contribution in [-0.2, 0) is 14.8 Å². The molecule has 11 heteroatoms. The molecule has 0 saturated heterocycles. The van der Waals surface area contributed by atoms with Crippen LogP contribution in [0.5, 0.6) is 5.75 Å². The maximum absolute atomic E-state index is 13.4. The normalized spacial score (nSPS) is 11.6. The number of hydrogen-bond acceptors (Lipinski definition) is 7. The van der Waals surface area contributed by atoms with Crippen molar-refractivity contribution in [3.63, 3.8) is 0 Å². The molecule has 170 valence electrons. The Labute approximate surface area is 183 Å². The first-order valence-electron chi connectivity index (χ1n) is 9.35. The van der Waals surface area contributed by atoms with Crippen LogP contribution in [-0.4, -0.2) is 39.9 Å². The van der Waals surface area contributed by atoms with Gasteiger partial charge in [0.05, 0.1) is 19.1 Å². The molecule has 2 N–H and O–H groups in total. The summed E-state index contributed by atoms with van der Waals surface area (Å²) in [6.07, 6.45) is -0.265. The number of furan rings is 1. The van der Waals surface area contributed by atoms with E-state index in [-0.39, 0.29) is 33.7 Å². The minimum Gasteiger partial charge on any atom is -0.495 e. The standard InChI is InChI=1S/C21H21FN2O7S/c1-11(2)24(32(4,27)28)15-10-16-14(9-17(15)29-3)18(20(25)31-21(23)26)19(30-16)12-5-7-13(22)8-6-12/h5-11H,1-4H3,(H2,23,26). The van der Waals surface area contributed by atoms with Gasteiger partial charge in [0.1, 0.15) is 28.5 Å². The van der Waals surface area contributed by atoms with Crippen molar-refractivity contribution in [1.29, 1.82) is 0 Å². The molecule has 0 atom stereocenters. The summed E-state index contributed by atoms with van der Waals surface area (Å²) in [4.78, 5) is 23.9. The van der Waals surface area contributed by atoms with Gasteiger partial charge < -0.3 is 19.6 Å². The van der Waals surface area contributed by atoms with Crippen molar-refractivity contribution in [3.05, 3.63) is 47.8 Å². The van der Waals surface area contributed by atoms with Crippen molar-refractivity contribution < 1.29 is 36.3 Å². The number of anilines is 1. The van der Waals surface area contributed by atoms with E-state index >= 15 is 0 Å². The number of fused-ring (bicyclic) bond motifs is 1. The SMILES string of the molecule is COc1cc2c(C(=O)OC(N)=O)c(-c3ccc(F)cc3)oc2cc1N(C(C)C)S(C)(=O)=O. The highest BCUT2D eigenvalue weighted by Gasteiger charge is 2.30. The van der Waals surface area contributed by atoms with Crippen LogP contribution in [0.15, 0.2) is 40.8 Å². The highest BCUT2D eigenvalue weighted by molar-refractivity contribution is 7.92. The third-order valence-corrected chi connectivity index (χ3v) is 5.89. The highest BCUT2D eigenvalue weighted by Crippen LogP contribution is 2.41. The van der Waals surface area contributed by atoms with Gasteiger partial charge in [-0.2, -0.15) is 0 Å². The summed E-state index contributed by atoms with van der Waals surface area (Å²) in [5.41, 5.74) is 5.47. The summed E-state index contributed by atoms with van der Waals surface area (Å²) < 4.78 is 55.2. The van der Waals surface area contributed by atoms with Crippen molar-refractivity contribution >= 4 is 38.7 Å². The second-order valence-corrected chi connectivity index (χ2v) is 9.05. The predicted molar refractivity (Wildman–Crippen MR) is 116 cm³/mol. The van der Waals surface area contributed by atoms with E-state index in [1.54, 1.807) is 13.8 Å².